The van der Waals surface area contributed by atoms with Crippen molar-refractivity contribution in [3.05, 3.63) is 48.6 Å². The predicted octanol–water partition coefficient (Wildman–Crippen LogP) is 3.85. The van der Waals surface area contributed by atoms with Gasteiger partial charge in [0.05, 0.1) is 0 Å². The smallest absolute Gasteiger partial charge is 0.160 e. The molecule has 0 fully saturated rings. The van der Waals surface area contributed by atoms with Crippen molar-refractivity contribution in [3.63, 3.8) is 0 Å². The molecule has 0 atom stereocenters. The van der Waals surface area contributed by atoms with Gasteiger partial charge in [-0.3, -0.25) is 4.79 Å². The van der Waals surface area contributed by atoms with Crippen LogP contribution in [0.3, 0.4) is 0 Å². The van der Waals surface area contributed by atoms with E-state index in [9.17, 15) is 4.79 Å². The lowest BCUT2D eigenvalue weighted by molar-refractivity contribution is -0.113. The van der Waals surface area contributed by atoms with Gasteiger partial charge in [0.2, 0.25) is 0 Å². The Hall–Kier alpha value is -1.37. The SMILES string of the molecule is C=CC(/C=C\C)=C(/C=C)C(C)=O.CC. The van der Waals surface area contributed by atoms with Crippen LogP contribution in [0.1, 0.15) is 27.7 Å². The number of carbonyl (C=O) groups is 1. The molecule has 0 amide bonds. The van der Waals surface area contributed by atoms with Crippen LogP contribution < -0.4 is 0 Å². The van der Waals surface area contributed by atoms with Crippen LogP contribution in [0.25, 0.3) is 0 Å². The first kappa shape index (κ1) is 15.1. The molecule has 0 spiro atoms. The lowest BCUT2D eigenvalue weighted by Crippen LogP contribution is -1.95. The van der Waals surface area contributed by atoms with Crippen molar-refractivity contribution in [3.8, 4) is 0 Å². The molecular formula is C13H20O. The van der Waals surface area contributed by atoms with Crippen molar-refractivity contribution in [2.24, 2.45) is 0 Å². The molecule has 0 rings (SSSR count). The molecule has 0 aliphatic rings. The van der Waals surface area contributed by atoms with Crippen molar-refractivity contribution < 1.29 is 4.79 Å². The highest BCUT2D eigenvalue weighted by Crippen LogP contribution is 2.09. The van der Waals surface area contributed by atoms with Gasteiger partial charge in [0.25, 0.3) is 0 Å². The maximum absolute atomic E-state index is 11.0. The largest absolute Gasteiger partial charge is 0.294 e. The van der Waals surface area contributed by atoms with Crippen LogP contribution in [0.2, 0.25) is 0 Å². The molecule has 78 valence electrons. The summed E-state index contributed by atoms with van der Waals surface area (Å²) in [5.74, 6) is 0.0120. The molecule has 0 aromatic heterocycles. The fourth-order valence-electron chi connectivity index (χ4n) is 0.912. The second-order valence-electron chi connectivity index (χ2n) is 2.33. The first-order valence-corrected chi connectivity index (χ1v) is 4.80. The zero-order valence-corrected chi connectivity index (χ0v) is 9.63. The minimum absolute atomic E-state index is 0.0120. The second kappa shape index (κ2) is 9.72. The van der Waals surface area contributed by atoms with E-state index >= 15 is 0 Å². The second-order valence-corrected chi connectivity index (χ2v) is 2.33. The van der Waals surface area contributed by atoms with Crippen LogP contribution in [0.15, 0.2) is 48.6 Å². The molecule has 0 aromatic rings. The average Bonchev–Trinajstić information content (AvgIpc) is 2.20. The van der Waals surface area contributed by atoms with E-state index in [1.165, 1.54) is 6.92 Å². The third-order valence-corrected chi connectivity index (χ3v) is 1.46. The van der Waals surface area contributed by atoms with E-state index in [-0.39, 0.29) is 5.78 Å². The third kappa shape index (κ3) is 5.31. The summed E-state index contributed by atoms with van der Waals surface area (Å²) in [6.45, 7) is 14.6. The summed E-state index contributed by atoms with van der Waals surface area (Å²) in [5, 5.41) is 0. The fraction of sp³-hybridized carbons (Fsp3) is 0.308. The monoisotopic (exact) mass is 192 g/mol. The van der Waals surface area contributed by atoms with Crippen molar-refractivity contribution in [2.45, 2.75) is 27.7 Å². The first-order valence-electron chi connectivity index (χ1n) is 4.80. The van der Waals surface area contributed by atoms with Gasteiger partial charge in [-0.1, -0.05) is 51.3 Å². The van der Waals surface area contributed by atoms with Gasteiger partial charge in [0, 0.05) is 5.57 Å². The Bertz CT molecular complexity index is 254. The number of Topliss-reactive ketones (excluding diaryl/α,β-unsaturated/α-hetero) is 1. The van der Waals surface area contributed by atoms with E-state index < -0.39 is 0 Å². The van der Waals surface area contributed by atoms with Crippen molar-refractivity contribution in [2.75, 3.05) is 0 Å². The molecule has 1 nitrogen and oxygen atoms in total. The third-order valence-electron chi connectivity index (χ3n) is 1.46. The molecule has 0 heterocycles. The number of rotatable bonds is 4. The van der Waals surface area contributed by atoms with E-state index in [0.29, 0.717) is 5.57 Å². The molecule has 0 bridgehead atoms. The molecule has 1 heteroatoms. The van der Waals surface area contributed by atoms with E-state index in [1.54, 1.807) is 12.2 Å². The maximum atomic E-state index is 11.0. The molecule has 0 unspecified atom stereocenters. The van der Waals surface area contributed by atoms with E-state index in [1.807, 2.05) is 32.9 Å². The lowest BCUT2D eigenvalue weighted by Gasteiger charge is -1.99. The van der Waals surface area contributed by atoms with Gasteiger partial charge in [-0.2, -0.15) is 0 Å². The number of hydrogen-bond acceptors (Lipinski definition) is 1. The molecule has 14 heavy (non-hydrogen) atoms. The molecular weight excluding hydrogens is 172 g/mol. The molecule has 0 radical (unpaired) electrons. The highest BCUT2D eigenvalue weighted by molar-refractivity contribution is 5.97. The van der Waals surface area contributed by atoms with E-state index in [2.05, 4.69) is 13.2 Å². The Kier molecular flexibility index (Phi) is 10.5. The van der Waals surface area contributed by atoms with Gasteiger partial charge >= 0.3 is 0 Å². The number of hydrogen-bond donors (Lipinski definition) is 0. The summed E-state index contributed by atoms with van der Waals surface area (Å²) in [4.78, 5) is 11.0. The highest BCUT2D eigenvalue weighted by atomic mass is 16.1. The fourth-order valence-corrected chi connectivity index (χ4v) is 0.912. The zero-order valence-electron chi connectivity index (χ0n) is 9.63. The number of allylic oxidation sites excluding steroid dienone is 6. The quantitative estimate of drug-likeness (QED) is 0.488. The van der Waals surface area contributed by atoms with Crippen LogP contribution in [0, 0.1) is 0 Å². The number of ketones is 1. The standard InChI is InChI=1S/C11H14O.C2H6/c1-5-8-10(6-2)11(7-3)9(4)12;1-2/h5-8H,2-3H2,1,4H3;1-2H3/b8-5-,11-10+;. The van der Waals surface area contributed by atoms with Gasteiger partial charge in [0.1, 0.15) is 0 Å². The van der Waals surface area contributed by atoms with Gasteiger partial charge in [-0.05, 0) is 19.4 Å². The lowest BCUT2D eigenvalue weighted by atomic mass is 10.0. The minimum atomic E-state index is 0.0120. The van der Waals surface area contributed by atoms with Crippen molar-refractivity contribution in [1.29, 1.82) is 0 Å². The average molecular weight is 192 g/mol. The summed E-state index contributed by atoms with van der Waals surface area (Å²) in [5.41, 5.74) is 1.43. The molecule has 0 aromatic carbocycles. The van der Waals surface area contributed by atoms with Gasteiger partial charge < -0.3 is 0 Å². The van der Waals surface area contributed by atoms with Crippen LogP contribution in [-0.4, -0.2) is 5.78 Å². The Morgan fingerprint density at radius 3 is 1.86 bits per heavy atom. The minimum Gasteiger partial charge on any atom is -0.294 e. The van der Waals surface area contributed by atoms with E-state index in [4.69, 9.17) is 0 Å². The van der Waals surface area contributed by atoms with Gasteiger partial charge in [-0.15, -0.1) is 0 Å². The maximum Gasteiger partial charge on any atom is 0.160 e. The molecule has 0 aliphatic carbocycles. The summed E-state index contributed by atoms with van der Waals surface area (Å²) in [7, 11) is 0. The Morgan fingerprint density at radius 1 is 1.14 bits per heavy atom. The van der Waals surface area contributed by atoms with Crippen molar-refractivity contribution in [1.82, 2.24) is 0 Å². The molecule has 0 N–H and O–H groups in total. The molecule has 0 saturated carbocycles. The van der Waals surface area contributed by atoms with Crippen LogP contribution in [-0.2, 0) is 4.79 Å². The highest BCUT2D eigenvalue weighted by Gasteiger charge is 2.01. The van der Waals surface area contributed by atoms with Crippen LogP contribution >= 0.6 is 0 Å². The number of carbonyl (C=O) groups excluding carboxylic acids is 1. The molecule has 0 saturated heterocycles. The zero-order chi connectivity index (χ0) is 11.6. The summed E-state index contributed by atoms with van der Waals surface area (Å²) in [6.07, 6.45) is 6.91. The molecule has 0 aliphatic heterocycles. The summed E-state index contributed by atoms with van der Waals surface area (Å²) < 4.78 is 0. The normalized spacial score (nSPS) is 11.1. The Labute approximate surface area is 87.5 Å². The Morgan fingerprint density at radius 2 is 1.64 bits per heavy atom. The van der Waals surface area contributed by atoms with Crippen LogP contribution in [0.4, 0.5) is 0 Å². The summed E-state index contributed by atoms with van der Waals surface area (Å²) >= 11 is 0. The first-order chi connectivity index (χ1) is 6.67. The van der Waals surface area contributed by atoms with E-state index in [0.717, 1.165) is 5.57 Å². The topological polar surface area (TPSA) is 17.1 Å². The van der Waals surface area contributed by atoms with Crippen LogP contribution in [0.5, 0.6) is 0 Å². The summed E-state index contributed by atoms with van der Waals surface area (Å²) in [6, 6.07) is 0. The Balaban J connectivity index is 0. The van der Waals surface area contributed by atoms with Crippen molar-refractivity contribution >= 4 is 5.78 Å². The van der Waals surface area contributed by atoms with Gasteiger partial charge in [-0.25, -0.2) is 0 Å². The predicted molar refractivity (Wildman–Crippen MR) is 64.3 cm³/mol. The van der Waals surface area contributed by atoms with Gasteiger partial charge in [0.15, 0.2) is 5.78 Å².